The summed E-state index contributed by atoms with van der Waals surface area (Å²) in [4.78, 5) is 53.2. The van der Waals surface area contributed by atoms with E-state index in [-0.39, 0.29) is 68.9 Å². The lowest BCUT2D eigenvalue weighted by atomic mass is 9.35. The Balaban J connectivity index is 0.962. The maximum absolute atomic E-state index is 14.0. The van der Waals surface area contributed by atoms with E-state index < -0.39 is 5.97 Å². The summed E-state index contributed by atoms with van der Waals surface area (Å²) < 4.78 is 11.5. The van der Waals surface area contributed by atoms with Crippen LogP contribution in [0.5, 0.6) is 5.75 Å². The highest BCUT2D eigenvalue weighted by atomic mass is 16.5. The van der Waals surface area contributed by atoms with Gasteiger partial charge in [0.05, 0.1) is 19.1 Å². The minimum Gasteiger partial charge on any atom is -0.488 e. The molecule has 1 heterocycles. The van der Waals surface area contributed by atoms with Crippen molar-refractivity contribution in [1.29, 1.82) is 0 Å². The molecule has 0 radical (unpaired) electrons. The van der Waals surface area contributed by atoms with Crippen molar-refractivity contribution in [2.75, 3.05) is 13.2 Å². The Morgan fingerprint density at radius 1 is 0.912 bits per heavy atom. The summed E-state index contributed by atoms with van der Waals surface area (Å²) in [7, 11) is 0. The number of allylic oxidation sites excluding steroid dienone is 2. The first-order valence-corrected chi connectivity index (χ1v) is 22.6. The smallest absolute Gasteiger partial charge is 0.306 e. The van der Waals surface area contributed by atoms with E-state index in [0.717, 1.165) is 74.9 Å². The van der Waals surface area contributed by atoms with Gasteiger partial charge in [0.1, 0.15) is 17.6 Å². The quantitative estimate of drug-likeness (QED) is 0.230. The number of Topliss-reactive ketones (excluding diaryl/α,β-unsaturated/α-hetero) is 2. The number of carboxylic acid groups (broad SMARTS) is 1. The average Bonchev–Trinajstić information content (AvgIpc) is 3.76. The monoisotopic (exact) mass is 784 g/mol. The summed E-state index contributed by atoms with van der Waals surface area (Å²) in [5, 5.41) is 12.8. The number of carbonyl (C=O) groups excluding carboxylic acids is 3. The minimum atomic E-state index is -0.763. The molecule has 1 aromatic rings. The van der Waals surface area contributed by atoms with Crippen molar-refractivity contribution in [3.63, 3.8) is 0 Å². The molecule has 1 aliphatic heterocycles. The van der Waals surface area contributed by atoms with E-state index in [1.54, 1.807) is 0 Å². The van der Waals surface area contributed by atoms with Crippen LogP contribution in [0.25, 0.3) is 0 Å². The molecule has 6 aliphatic carbocycles. The van der Waals surface area contributed by atoms with E-state index >= 15 is 0 Å². The zero-order chi connectivity index (χ0) is 40.7. The number of nitrogens with one attached hydrogen (secondary N) is 1. The van der Waals surface area contributed by atoms with Crippen molar-refractivity contribution in [3.8, 4) is 5.75 Å². The maximum Gasteiger partial charge on any atom is 0.306 e. The predicted molar refractivity (Wildman–Crippen MR) is 219 cm³/mol. The number of amides is 1. The number of carbonyl (C=O) groups is 4. The van der Waals surface area contributed by atoms with Gasteiger partial charge in [-0.1, -0.05) is 66.2 Å². The summed E-state index contributed by atoms with van der Waals surface area (Å²) in [6.45, 7) is 18.2. The Morgan fingerprint density at radius 3 is 2.32 bits per heavy atom. The van der Waals surface area contributed by atoms with Gasteiger partial charge in [-0.2, -0.15) is 0 Å². The van der Waals surface area contributed by atoms with Gasteiger partial charge in [-0.15, -0.1) is 0 Å². The van der Waals surface area contributed by atoms with Crippen LogP contribution in [-0.2, 0) is 30.5 Å². The molecule has 12 atom stereocenters. The van der Waals surface area contributed by atoms with E-state index in [4.69, 9.17) is 9.47 Å². The van der Waals surface area contributed by atoms with Gasteiger partial charge in [0.2, 0.25) is 5.91 Å². The molecule has 0 spiro atoms. The van der Waals surface area contributed by atoms with Crippen molar-refractivity contribution in [3.05, 3.63) is 41.0 Å². The molecule has 1 aromatic carbocycles. The molecule has 8 rings (SSSR count). The van der Waals surface area contributed by atoms with Crippen molar-refractivity contribution < 1.29 is 33.8 Å². The number of ketones is 2. The Morgan fingerprint density at radius 2 is 1.65 bits per heavy atom. The maximum atomic E-state index is 14.0. The van der Waals surface area contributed by atoms with Gasteiger partial charge in [-0.05, 0) is 139 Å². The Bertz CT molecular complexity index is 1790. The van der Waals surface area contributed by atoms with Gasteiger partial charge in [-0.25, -0.2) is 0 Å². The number of fused-ring (bicyclic) bond motifs is 7. The van der Waals surface area contributed by atoms with Gasteiger partial charge in [-0.3, -0.25) is 19.2 Å². The molecular formula is C49H69NO7. The molecule has 5 saturated carbocycles. The third-order valence-electron chi connectivity index (χ3n) is 18.0. The molecule has 57 heavy (non-hydrogen) atoms. The lowest BCUT2D eigenvalue weighted by Gasteiger charge is -2.69. The van der Waals surface area contributed by atoms with Crippen LogP contribution in [0.3, 0.4) is 0 Å². The van der Waals surface area contributed by atoms with Gasteiger partial charge in [0, 0.05) is 43.6 Å². The van der Waals surface area contributed by atoms with E-state index in [9.17, 15) is 24.3 Å². The molecular weight excluding hydrogens is 715 g/mol. The first-order valence-electron chi connectivity index (χ1n) is 22.6. The van der Waals surface area contributed by atoms with Crippen molar-refractivity contribution >= 4 is 23.4 Å². The number of aliphatic carboxylic acids is 1. The molecule has 7 aliphatic rings. The second-order valence-corrected chi connectivity index (χ2v) is 21.4. The van der Waals surface area contributed by atoms with Gasteiger partial charge in [0.15, 0.2) is 5.78 Å². The van der Waals surface area contributed by atoms with Crippen LogP contribution < -0.4 is 10.1 Å². The SMILES string of the molecule is CC(C)C1=C2C3CCC4C(C)(CCC5C(C)(C)C(CC(=O)C6CC(C(=O)O)C6C)CCC54C)C3CCC2(CC(=O)NCc2ccc(OC3CCOC3)cc2)CC1=O. The second kappa shape index (κ2) is 14.9. The average molecular weight is 784 g/mol. The molecule has 8 heteroatoms. The molecule has 12 unspecified atom stereocenters. The third kappa shape index (κ3) is 6.84. The summed E-state index contributed by atoms with van der Waals surface area (Å²) in [5.74, 6) is 2.54. The fourth-order valence-electron chi connectivity index (χ4n) is 15.1. The molecule has 2 N–H and O–H groups in total. The summed E-state index contributed by atoms with van der Waals surface area (Å²) in [6.07, 6.45) is 11.7. The summed E-state index contributed by atoms with van der Waals surface area (Å²) in [6, 6.07) is 7.98. The van der Waals surface area contributed by atoms with E-state index in [0.29, 0.717) is 68.4 Å². The molecule has 6 fully saturated rings. The molecule has 8 nitrogen and oxygen atoms in total. The number of carboxylic acids is 1. The van der Waals surface area contributed by atoms with E-state index in [2.05, 4.69) is 46.9 Å². The molecule has 1 amide bonds. The second-order valence-electron chi connectivity index (χ2n) is 21.4. The van der Waals surface area contributed by atoms with Crippen LogP contribution in [-0.4, -0.2) is 47.9 Å². The van der Waals surface area contributed by atoms with Gasteiger partial charge < -0.3 is 19.9 Å². The number of hydrogen-bond donors (Lipinski definition) is 2. The highest BCUT2D eigenvalue weighted by Crippen LogP contribution is 2.74. The highest BCUT2D eigenvalue weighted by molar-refractivity contribution is 6.01. The van der Waals surface area contributed by atoms with Gasteiger partial charge >= 0.3 is 5.97 Å². The zero-order valence-electron chi connectivity index (χ0n) is 35.8. The summed E-state index contributed by atoms with van der Waals surface area (Å²) >= 11 is 0. The van der Waals surface area contributed by atoms with E-state index in [1.165, 1.54) is 12.0 Å². The fraction of sp³-hybridized carbons (Fsp3) is 0.755. The van der Waals surface area contributed by atoms with Crippen LogP contribution in [0.15, 0.2) is 35.4 Å². The lowest BCUT2D eigenvalue weighted by Crippen LogP contribution is -2.62. The van der Waals surface area contributed by atoms with Crippen LogP contribution in [0, 0.1) is 74.9 Å². The predicted octanol–water partition coefficient (Wildman–Crippen LogP) is 9.38. The number of hydrogen-bond acceptors (Lipinski definition) is 6. The fourth-order valence-corrected chi connectivity index (χ4v) is 15.1. The van der Waals surface area contributed by atoms with Crippen molar-refractivity contribution in [1.82, 2.24) is 5.32 Å². The topological polar surface area (TPSA) is 119 Å². The molecule has 0 bridgehead atoms. The van der Waals surface area contributed by atoms with Crippen LogP contribution in [0.4, 0.5) is 0 Å². The van der Waals surface area contributed by atoms with Crippen LogP contribution >= 0.6 is 0 Å². The van der Waals surface area contributed by atoms with Crippen molar-refractivity contribution in [2.24, 2.45) is 74.9 Å². The Hall–Kier alpha value is -3.00. The number of rotatable bonds is 11. The first-order chi connectivity index (χ1) is 27.0. The van der Waals surface area contributed by atoms with Crippen LogP contribution in [0.1, 0.15) is 138 Å². The van der Waals surface area contributed by atoms with Gasteiger partial charge in [0.25, 0.3) is 0 Å². The molecule has 1 saturated heterocycles. The van der Waals surface area contributed by atoms with E-state index in [1.807, 2.05) is 31.2 Å². The third-order valence-corrected chi connectivity index (χ3v) is 18.0. The Kier molecular flexibility index (Phi) is 10.7. The lowest BCUT2D eigenvalue weighted by molar-refractivity contribution is -0.193. The zero-order valence-corrected chi connectivity index (χ0v) is 35.8. The Labute approximate surface area is 341 Å². The molecule has 0 aromatic heterocycles. The minimum absolute atomic E-state index is 0.0288. The summed E-state index contributed by atoms with van der Waals surface area (Å²) in [5.41, 5.74) is 3.41. The standard InChI is InChI=1S/C49H69NO7/c1-28(2)43-39(52)24-49(25-42(53)50-26-30-8-10-32(11-9-30)57-33-17-21-56-27-33)20-15-37-34(44(43)49)12-13-41-47(37,6)19-16-40-46(4,5)31(14-18-48(40,41)7)22-38(51)35-23-36(29(35)3)45(54)55/h8-11,28-29,31,33-37,40-41H,12-27H2,1-7H3,(H,50,53)(H,54,55). The van der Waals surface area contributed by atoms with Crippen LogP contribution in [0.2, 0.25) is 0 Å². The number of ether oxygens (including phenoxy) is 2. The highest BCUT2D eigenvalue weighted by Gasteiger charge is 2.66. The normalized spacial score (nSPS) is 40.7. The first kappa shape index (κ1) is 40.8. The van der Waals surface area contributed by atoms with Crippen molar-refractivity contribution in [2.45, 2.75) is 145 Å². The number of benzene rings is 1. The molecule has 312 valence electrons. The largest absolute Gasteiger partial charge is 0.488 e.